The van der Waals surface area contributed by atoms with Gasteiger partial charge in [0.1, 0.15) is 4.60 Å². The highest BCUT2D eigenvalue weighted by atomic mass is 79.9. The normalized spacial score (nSPS) is 23.7. The van der Waals surface area contributed by atoms with Gasteiger partial charge in [0.05, 0.1) is 11.9 Å². The Morgan fingerprint density at radius 2 is 2.33 bits per heavy atom. The Morgan fingerprint density at radius 1 is 1.67 bits per heavy atom. The first-order valence-corrected chi connectivity index (χ1v) is 5.80. The van der Waals surface area contributed by atoms with Crippen LogP contribution in [0.4, 0.5) is 5.69 Å². The molecule has 0 spiro atoms. The Kier molecular flexibility index (Phi) is 2.78. The van der Waals surface area contributed by atoms with Crippen molar-refractivity contribution in [2.24, 2.45) is 11.8 Å². The SMILES string of the molecule is Cc1cc(NC(=O)C2CC2C)cnc1Br. The third-order valence-electron chi connectivity index (χ3n) is 2.73. The topological polar surface area (TPSA) is 42.0 Å². The minimum absolute atomic E-state index is 0.117. The Labute approximate surface area is 97.4 Å². The van der Waals surface area contributed by atoms with Crippen molar-refractivity contribution in [1.82, 2.24) is 4.98 Å². The van der Waals surface area contributed by atoms with Gasteiger partial charge in [0.15, 0.2) is 0 Å². The zero-order valence-electron chi connectivity index (χ0n) is 8.75. The fraction of sp³-hybridized carbons (Fsp3) is 0.455. The van der Waals surface area contributed by atoms with Crippen molar-refractivity contribution in [2.45, 2.75) is 20.3 Å². The number of nitrogens with zero attached hydrogens (tertiary/aromatic N) is 1. The zero-order chi connectivity index (χ0) is 11.0. The number of pyridine rings is 1. The molecule has 1 aromatic heterocycles. The summed E-state index contributed by atoms with van der Waals surface area (Å²) >= 11 is 3.32. The summed E-state index contributed by atoms with van der Waals surface area (Å²) in [6.07, 6.45) is 2.68. The van der Waals surface area contributed by atoms with E-state index in [-0.39, 0.29) is 11.8 Å². The maximum absolute atomic E-state index is 11.6. The summed E-state index contributed by atoms with van der Waals surface area (Å²) in [5.41, 5.74) is 1.80. The van der Waals surface area contributed by atoms with Crippen molar-refractivity contribution in [3.8, 4) is 0 Å². The second-order valence-electron chi connectivity index (χ2n) is 4.14. The van der Waals surface area contributed by atoms with E-state index >= 15 is 0 Å². The van der Waals surface area contributed by atoms with Crippen molar-refractivity contribution in [3.05, 3.63) is 22.4 Å². The number of anilines is 1. The number of hydrogen-bond acceptors (Lipinski definition) is 2. The number of hydrogen-bond donors (Lipinski definition) is 1. The lowest BCUT2D eigenvalue weighted by Gasteiger charge is -2.05. The molecule has 0 aromatic carbocycles. The fourth-order valence-electron chi connectivity index (χ4n) is 1.55. The summed E-state index contributed by atoms with van der Waals surface area (Å²) in [6.45, 7) is 4.04. The molecule has 1 aliphatic rings. The van der Waals surface area contributed by atoms with E-state index in [0.29, 0.717) is 5.92 Å². The number of halogens is 1. The van der Waals surface area contributed by atoms with E-state index in [9.17, 15) is 4.79 Å². The molecule has 0 saturated heterocycles. The second-order valence-corrected chi connectivity index (χ2v) is 4.89. The Morgan fingerprint density at radius 3 is 2.87 bits per heavy atom. The molecule has 1 fully saturated rings. The largest absolute Gasteiger partial charge is 0.324 e. The molecule has 1 aromatic rings. The quantitative estimate of drug-likeness (QED) is 0.839. The second kappa shape index (κ2) is 3.93. The molecule has 2 rings (SSSR count). The average Bonchev–Trinajstić information content (AvgIpc) is 2.89. The smallest absolute Gasteiger partial charge is 0.227 e. The molecule has 80 valence electrons. The molecule has 4 heteroatoms. The van der Waals surface area contributed by atoms with Crippen molar-refractivity contribution in [1.29, 1.82) is 0 Å². The van der Waals surface area contributed by atoms with Crippen LogP contribution in [0.2, 0.25) is 0 Å². The Balaban J connectivity index is 2.04. The number of aromatic nitrogens is 1. The van der Waals surface area contributed by atoms with Gasteiger partial charge in [-0.05, 0) is 46.8 Å². The number of amides is 1. The molecule has 3 nitrogen and oxygen atoms in total. The van der Waals surface area contributed by atoms with Gasteiger partial charge in [-0.25, -0.2) is 4.98 Å². The number of carbonyl (C=O) groups excluding carboxylic acids is 1. The monoisotopic (exact) mass is 268 g/mol. The molecule has 1 amide bonds. The van der Waals surface area contributed by atoms with E-state index in [1.165, 1.54) is 0 Å². The first-order valence-electron chi connectivity index (χ1n) is 5.01. The maximum Gasteiger partial charge on any atom is 0.227 e. The first-order chi connectivity index (χ1) is 7.08. The van der Waals surface area contributed by atoms with Gasteiger partial charge < -0.3 is 5.32 Å². The van der Waals surface area contributed by atoms with Gasteiger partial charge in [-0.2, -0.15) is 0 Å². The zero-order valence-corrected chi connectivity index (χ0v) is 10.3. The molecular weight excluding hydrogens is 256 g/mol. The van der Waals surface area contributed by atoms with Crippen LogP contribution in [0.1, 0.15) is 18.9 Å². The highest BCUT2D eigenvalue weighted by Gasteiger charge is 2.39. The molecule has 0 aliphatic heterocycles. The average molecular weight is 269 g/mol. The molecule has 2 atom stereocenters. The van der Waals surface area contributed by atoms with E-state index in [4.69, 9.17) is 0 Å². The minimum atomic E-state index is 0.117. The predicted octanol–water partition coefficient (Wildman–Crippen LogP) is 2.75. The van der Waals surface area contributed by atoms with Gasteiger partial charge in [0, 0.05) is 5.92 Å². The van der Waals surface area contributed by atoms with Crippen molar-refractivity contribution in [2.75, 3.05) is 5.32 Å². The summed E-state index contributed by atoms with van der Waals surface area (Å²) in [6, 6.07) is 1.92. The van der Waals surface area contributed by atoms with Gasteiger partial charge >= 0.3 is 0 Å². The molecule has 1 aliphatic carbocycles. The van der Waals surface area contributed by atoms with Crippen LogP contribution in [0, 0.1) is 18.8 Å². The van der Waals surface area contributed by atoms with Crippen LogP contribution < -0.4 is 5.32 Å². The maximum atomic E-state index is 11.6. The van der Waals surface area contributed by atoms with Crippen molar-refractivity contribution >= 4 is 27.5 Å². The molecular formula is C11H13BrN2O. The van der Waals surface area contributed by atoms with E-state index in [1.54, 1.807) is 6.20 Å². The third-order valence-corrected chi connectivity index (χ3v) is 3.56. The summed E-state index contributed by atoms with van der Waals surface area (Å²) in [4.78, 5) is 15.8. The lowest BCUT2D eigenvalue weighted by molar-refractivity contribution is -0.117. The van der Waals surface area contributed by atoms with E-state index in [0.717, 1.165) is 22.3 Å². The number of rotatable bonds is 2. The molecule has 1 N–H and O–H groups in total. The van der Waals surface area contributed by atoms with Crippen LogP contribution in [0.3, 0.4) is 0 Å². The minimum Gasteiger partial charge on any atom is -0.324 e. The lowest BCUT2D eigenvalue weighted by Crippen LogP contribution is -2.14. The van der Waals surface area contributed by atoms with Gasteiger partial charge in [0.2, 0.25) is 5.91 Å². The van der Waals surface area contributed by atoms with E-state index in [2.05, 4.69) is 33.2 Å². The Hall–Kier alpha value is -0.900. The van der Waals surface area contributed by atoms with E-state index in [1.807, 2.05) is 13.0 Å². The van der Waals surface area contributed by atoms with Gasteiger partial charge in [-0.1, -0.05) is 6.92 Å². The van der Waals surface area contributed by atoms with Gasteiger partial charge in [-0.15, -0.1) is 0 Å². The van der Waals surface area contributed by atoms with Gasteiger partial charge in [-0.3, -0.25) is 4.79 Å². The molecule has 0 bridgehead atoms. The molecule has 1 saturated carbocycles. The molecule has 2 unspecified atom stereocenters. The van der Waals surface area contributed by atoms with Gasteiger partial charge in [0.25, 0.3) is 0 Å². The van der Waals surface area contributed by atoms with Crippen LogP contribution >= 0.6 is 15.9 Å². The Bertz CT molecular complexity index is 406. The number of carbonyl (C=O) groups is 1. The molecule has 1 heterocycles. The van der Waals surface area contributed by atoms with Crippen LogP contribution in [-0.2, 0) is 4.79 Å². The summed E-state index contributed by atoms with van der Waals surface area (Å²) in [5, 5.41) is 2.88. The van der Waals surface area contributed by atoms with Crippen LogP contribution in [0.15, 0.2) is 16.9 Å². The highest BCUT2D eigenvalue weighted by molar-refractivity contribution is 9.10. The first kappa shape index (κ1) is 10.6. The summed E-state index contributed by atoms with van der Waals surface area (Å²) in [7, 11) is 0. The standard InChI is InChI=1S/C11H13BrN2O/c1-6-4-9(6)11(15)14-8-3-7(2)10(12)13-5-8/h3,5-6,9H,4H2,1-2H3,(H,14,15). The molecule has 15 heavy (non-hydrogen) atoms. The lowest BCUT2D eigenvalue weighted by atomic mass is 10.2. The van der Waals surface area contributed by atoms with E-state index < -0.39 is 0 Å². The predicted molar refractivity (Wildman–Crippen MR) is 62.6 cm³/mol. The number of aryl methyl sites for hydroxylation is 1. The molecule has 0 radical (unpaired) electrons. The van der Waals surface area contributed by atoms with Crippen LogP contribution in [0.5, 0.6) is 0 Å². The van der Waals surface area contributed by atoms with Crippen LogP contribution in [-0.4, -0.2) is 10.9 Å². The fourth-order valence-corrected chi connectivity index (χ4v) is 1.77. The summed E-state index contributed by atoms with van der Waals surface area (Å²) in [5.74, 6) is 0.856. The highest BCUT2D eigenvalue weighted by Crippen LogP contribution is 2.38. The van der Waals surface area contributed by atoms with Crippen LogP contribution in [0.25, 0.3) is 0 Å². The number of nitrogens with one attached hydrogen (secondary N) is 1. The van der Waals surface area contributed by atoms with Crippen molar-refractivity contribution in [3.63, 3.8) is 0 Å². The third kappa shape index (κ3) is 2.37. The van der Waals surface area contributed by atoms with Crippen molar-refractivity contribution < 1.29 is 4.79 Å². The summed E-state index contributed by atoms with van der Waals surface area (Å²) < 4.78 is 0.820.